The zero-order valence-electron chi connectivity index (χ0n) is 17.9. The maximum absolute atomic E-state index is 13.3. The molecule has 0 heterocycles. The van der Waals surface area contributed by atoms with E-state index in [2.05, 4.69) is 6.07 Å². The molecule has 0 spiro atoms. The Kier molecular flexibility index (Phi) is 8.07. The summed E-state index contributed by atoms with van der Waals surface area (Å²) in [7, 11) is 1.50. The summed E-state index contributed by atoms with van der Waals surface area (Å²) in [5, 5.41) is 18.7. The Morgan fingerprint density at radius 3 is 2.55 bits per heavy atom. The van der Waals surface area contributed by atoms with Gasteiger partial charge < -0.3 is 14.4 Å². The van der Waals surface area contributed by atoms with Gasteiger partial charge in [-0.25, -0.2) is 0 Å². The van der Waals surface area contributed by atoms with Gasteiger partial charge in [0.1, 0.15) is 12.1 Å². The third-order valence-electron chi connectivity index (χ3n) is 4.72. The smallest absolute Gasteiger partial charge is 0.251 e. The maximum Gasteiger partial charge on any atom is 0.251 e. The van der Waals surface area contributed by atoms with E-state index in [0.29, 0.717) is 33.3 Å². The SMILES string of the molecule is COc1cc(C=CC(=O)N(Cc2ccccc2)c2cc(Cl)ccc2C#N)ccc1OCC#N. The second kappa shape index (κ2) is 11.4. The molecular weight excluding hydrogens is 438 g/mol. The minimum absolute atomic E-state index is 0.0979. The fraction of sp³-hybridized carbons (Fsp3) is 0.115. The molecule has 1 amide bonds. The quantitative estimate of drug-likeness (QED) is 0.424. The van der Waals surface area contributed by atoms with Crippen LogP contribution in [0.4, 0.5) is 5.69 Å². The van der Waals surface area contributed by atoms with Gasteiger partial charge in [-0.15, -0.1) is 0 Å². The van der Waals surface area contributed by atoms with Gasteiger partial charge in [-0.1, -0.05) is 48.0 Å². The first kappa shape index (κ1) is 23.4. The summed E-state index contributed by atoms with van der Waals surface area (Å²) in [4.78, 5) is 14.8. The van der Waals surface area contributed by atoms with Crippen molar-refractivity contribution in [2.24, 2.45) is 0 Å². The van der Waals surface area contributed by atoms with Crippen LogP contribution in [-0.2, 0) is 11.3 Å². The van der Waals surface area contributed by atoms with E-state index in [4.69, 9.17) is 26.3 Å². The van der Waals surface area contributed by atoms with Crippen molar-refractivity contribution in [2.45, 2.75) is 6.54 Å². The highest BCUT2D eigenvalue weighted by atomic mass is 35.5. The van der Waals surface area contributed by atoms with Crippen LogP contribution < -0.4 is 14.4 Å². The molecule has 3 rings (SSSR count). The molecule has 6 nitrogen and oxygen atoms in total. The summed E-state index contributed by atoms with van der Waals surface area (Å²) < 4.78 is 10.6. The van der Waals surface area contributed by atoms with Crippen LogP contribution in [0, 0.1) is 22.7 Å². The second-order valence-electron chi connectivity index (χ2n) is 6.87. The molecule has 0 aromatic heterocycles. The van der Waals surface area contributed by atoms with Crippen molar-refractivity contribution < 1.29 is 14.3 Å². The van der Waals surface area contributed by atoms with E-state index in [-0.39, 0.29) is 19.1 Å². The van der Waals surface area contributed by atoms with Crippen molar-refractivity contribution in [3.8, 4) is 23.6 Å². The fourth-order valence-electron chi connectivity index (χ4n) is 3.15. The maximum atomic E-state index is 13.3. The third kappa shape index (κ3) is 6.13. The number of benzene rings is 3. The number of ether oxygens (including phenoxy) is 2. The molecule has 0 saturated heterocycles. The summed E-state index contributed by atoms with van der Waals surface area (Å²) in [6.07, 6.45) is 3.07. The third-order valence-corrected chi connectivity index (χ3v) is 4.95. The number of amides is 1. The van der Waals surface area contributed by atoms with Gasteiger partial charge in [0.25, 0.3) is 5.91 Å². The van der Waals surface area contributed by atoms with Crippen molar-refractivity contribution >= 4 is 29.3 Å². The number of carbonyl (C=O) groups excluding carboxylic acids is 1. The van der Waals surface area contributed by atoms with Crippen LogP contribution in [0.15, 0.2) is 72.8 Å². The van der Waals surface area contributed by atoms with Crippen molar-refractivity contribution in [3.63, 3.8) is 0 Å². The summed E-state index contributed by atoms with van der Waals surface area (Å²) in [6, 6.07) is 23.5. The highest BCUT2D eigenvalue weighted by Crippen LogP contribution is 2.29. The molecule has 7 heteroatoms. The molecule has 0 aliphatic rings. The number of carbonyl (C=O) groups is 1. The van der Waals surface area contributed by atoms with Crippen LogP contribution in [-0.4, -0.2) is 19.6 Å². The van der Waals surface area contributed by atoms with Crippen molar-refractivity contribution in [3.05, 3.63) is 94.5 Å². The van der Waals surface area contributed by atoms with Crippen LogP contribution in [0.5, 0.6) is 11.5 Å². The average Bonchev–Trinajstić information content (AvgIpc) is 2.85. The van der Waals surface area contributed by atoms with Crippen molar-refractivity contribution in [1.29, 1.82) is 10.5 Å². The van der Waals surface area contributed by atoms with E-state index >= 15 is 0 Å². The molecule has 0 N–H and O–H groups in total. The number of hydrogen-bond donors (Lipinski definition) is 0. The van der Waals surface area contributed by atoms with Gasteiger partial charge in [0.2, 0.25) is 0 Å². The molecule has 33 heavy (non-hydrogen) atoms. The molecule has 0 atom stereocenters. The molecule has 0 fully saturated rings. The van der Waals surface area contributed by atoms with E-state index in [1.54, 1.807) is 42.5 Å². The Morgan fingerprint density at radius 2 is 1.85 bits per heavy atom. The summed E-state index contributed by atoms with van der Waals surface area (Å²) >= 11 is 6.17. The number of nitriles is 2. The van der Waals surface area contributed by atoms with Crippen LogP contribution in [0.3, 0.4) is 0 Å². The predicted octanol–water partition coefficient (Wildman–Crippen LogP) is 5.37. The van der Waals surface area contributed by atoms with Crippen LogP contribution in [0.1, 0.15) is 16.7 Å². The van der Waals surface area contributed by atoms with Gasteiger partial charge >= 0.3 is 0 Å². The highest BCUT2D eigenvalue weighted by Gasteiger charge is 2.18. The zero-order chi connectivity index (χ0) is 23.6. The van der Waals surface area contributed by atoms with E-state index in [1.807, 2.05) is 36.4 Å². The van der Waals surface area contributed by atoms with Gasteiger partial charge in [-0.05, 0) is 47.5 Å². The lowest BCUT2D eigenvalue weighted by molar-refractivity contribution is -0.114. The Morgan fingerprint density at radius 1 is 1.06 bits per heavy atom. The van der Waals surface area contributed by atoms with Crippen LogP contribution in [0.25, 0.3) is 6.08 Å². The van der Waals surface area contributed by atoms with E-state index in [9.17, 15) is 10.1 Å². The molecule has 0 radical (unpaired) electrons. The molecule has 0 bridgehead atoms. The summed E-state index contributed by atoms with van der Waals surface area (Å²) in [5.74, 6) is 0.565. The van der Waals surface area contributed by atoms with E-state index in [1.165, 1.54) is 18.1 Å². The molecule has 3 aromatic carbocycles. The molecule has 164 valence electrons. The minimum atomic E-state index is -0.318. The molecule has 0 saturated carbocycles. The number of rotatable bonds is 8. The van der Waals surface area contributed by atoms with E-state index in [0.717, 1.165) is 5.56 Å². The van der Waals surface area contributed by atoms with Gasteiger partial charge in [0, 0.05) is 11.1 Å². The van der Waals surface area contributed by atoms with Gasteiger partial charge in [-0.3, -0.25) is 4.79 Å². The monoisotopic (exact) mass is 457 g/mol. The van der Waals surface area contributed by atoms with Gasteiger partial charge in [0.05, 0.1) is 24.9 Å². The Bertz CT molecular complexity index is 1240. The number of anilines is 1. The lowest BCUT2D eigenvalue weighted by atomic mass is 10.1. The van der Waals surface area contributed by atoms with Crippen LogP contribution in [0.2, 0.25) is 5.02 Å². The number of hydrogen-bond acceptors (Lipinski definition) is 5. The Hall–Kier alpha value is -4.26. The minimum Gasteiger partial charge on any atom is -0.493 e. The Balaban J connectivity index is 1.92. The number of nitrogens with zero attached hydrogens (tertiary/aromatic N) is 3. The molecule has 0 aliphatic heterocycles. The molecule has 0 aliphatic carbocycles. The fourth-order valence-corrected chi connectivity index (χ4v) is 3.31. The first-order chi connectivity index (χ1) is 16.0. The van der Waals surface area contributed by atoms with Crippen LogP contribution >= 0.6 is 11.6 Å². The zero-order valence-corrected chi connectivity index (χ0v) is 18.6. The summed E-state index contributed by atoms with van der Waals surface area (Å²) in [5.41, 5.74) is 2.39. The van der Waals surface area contributed by atoms with Crippen molar-refractivity contribution in [1.82, 2.24) is 0 Å². The van der Waals surface area contributed by atoms with Gasteiger partial charge in [-0.2, -0.15) is 10.5 Å². The topological polar surface area (TPSA) is 86.3 Å². The first-order valence-electron chi connectivity index (χ1n) is 9.96. The molecular formula is C26H20ClN3O3. The average molecular weight is 458 g/mol. The Labute approximate surface area is 197 Å². The number of methoxy groups -OCH3 is 1. The van der Waals surface area contributed by atoms with Crippen molar-refractivity contribution in [2.75, 3.05) is 18.6 Å². The second-order valence-corrected chi connectivity index (χ2v) is 7.31. The lowest BCUT2D eigenvalue weighted by Crippen LogP contribution is -2.29. The molecule has 0 unspecified atom stereocenters. The standard InChI is InChI=1S/C26H20ClN3O3/c1-32-25-15-19(7-11-24(25)33-14-13-28)8-12-26(31)30(18-20-5-3-2-4-6-20)23-16-22(27)10-9-21(23)17-29/h2-12,15-16H,14,18H2,1H3. The largest absolute Gasteiger partial charge is 0.493 e. The van der Waals surface area contributed by atoms with Gasteiger partial charge in [0.15, 0.2) is 18.1 Å². The normalized spacial score (nSPS) is 10.3. The predicted molar refractivity (Wildman–Crippen MR) is 127 cm³/mol. The van der Waals surface area contributed by atoms with E-state index < -0.39 is 0 Å². The summed E-state index contributed by atoms with van der Waals surface area (Å²) in [6.45, 7) is 0.169. The lowest BCUT2D eigenvalue weighted by Gasteiger charge is -2.23. The first-order valence-corrected chi connectivity index (χ1v) is 10.3. The number of halogens is 1. The molecule has 3 aromatic rings. The highest BCUT2D eigenvalue weighted by molar-refractivity contribution is 6.31.